The molecule has 0 aliphatic rings. The summed E-state index contributed by atoms with van der Waals surface area (Å²) in [6, 6.07) is 11.1. The summed E-state index contributed by atoms with van der Waals surface area (Å²) >= 11 is 3.17. The standard InChI is InChI=1S/C15H15BrFNO3/c16-10-4-11(17)6-15(5-10)21-9-13(19)8-20-14-3-1-2-12(18)7-14/h1-7,13,19H,8-9,18H2. The average molecular weight is 356 g/mol. The van der Waals surface area contributed by atoms with Gasteiger partial charge in [0.25, 0.3) is 0 Å². The minimum absolute atomic E-state index is 0.00178. The smallest absolute Gasteiger partial charge is 0.128 e. The van der Waals surface area contributed by atoms with Gasteiger partial charge in [0.2, 0.25) is 0 Å². The van der Waals surface area contributed by atoms with Gasteiger partial charge in [0, 0.05) is 22.3 Å². The third-order valence-corrected chi connectivity index (χ3v) is 3.04. The first-order valence-corrected chi connectivity index (χ1v) is 7.07. The van der Waals surface area contributed by atoms with Crippen molar-refractivity contribution >= 4 is 21.6 Å². The Morgan fingerprint density at radius 1 is 1.10 bits per heavy atom. The Morgan fingerprint density at radius 3 is 2.48 bits per heavy atom. The van der Waals surface area contributed by atoms with Crippen molar-refractivity contribution in [1.82, 2.24) is 0 Å². The molecule has 0 fully saturated rings. The molecule has 0 saturated carbocycles. The van der Waals surface area contributed by atoms with Crippen LogP contribution in [-0.4, -0.2) is 24.4 Å². The quantitative estimate of drug-likeness (QED) is 0.781. The molecule has 1 atom stereocenters. The third kappa shape index (κ3) is 5.24. The molecular formula is C15H15BrFNO3. The monoisotopic (exact) mass is 355 g/mol. The van der Waals surface area contributed by atoms with E-state index in [1.165, 1.54) is 12.1 Å². The number of halogens is 2. The highest BCUT2D eigenvalue weighted by Gasteiger charge is 2.08. The van der Waals surface area contributed by atoms with Crippen LogP contribution in [0.2, 0.25) is 0 Å². The largest absolute Gasteiger partial charge is 0.491 e. The maximum atomic E-state index is 13.2. The highest BCUT2D eigenvalue weighted by atomic mass is 79.9. The van der Waals surface area contributed by atoms with Gasteiger partial charge in [-0.05, 0) is 24.3 Å². The first-order valence-electron chi connectivity index (χ1n) is 6.28. The van der Waals surface area contributed by atoms with Crippen LogP contribution in [0.25, 0.3) is 0 Å². The molecule has 0 bridgehead atoms. The highest BCUT2D eigenvalue weighted by Crippen LogP contribution is 2.21. The number of nitrogens with two attached hydrogens (primary N) is 1. The number of hydrogen-bond donors (Lipinski definition) is 2. The lowest BCUT2D eigenvalue weighted by Gasteiger charge is -2.14. The summed E-state index contributed by atoms with van der Waals surface area (Å²) in [6.45, 7) is 0.0537. The second-order valence-corrected chi connectivity index (χ2v) is 5.37. The van der Waals surface area contributed by atoms with Crippen LogP contribution in [0.3, 0.4) is 0 Å². The summed E-state index contributed by atoms with van der Waals surface area (Å²) in [5.41, 5.74) is 6.21. The normalized spacial score (nSPS) is 12.0. The molecule has 0 saturated heterocycles. The fourth-order valence-corrected chi connectivity index (χ4v) is 2.09. The molecule has 2 rings (SSSR count). The highest BCUT2D eigenvalue weighted by molar-refractivity contribution is 9.10. The summed E-state index contributed by atoms with van der Waals surface area (Å²) < 4.78 is 24.4. The maximum Gasteiger partial charge on any atom is 0.128 e. The number of benzene rings is 2. The van der Waals surface area contributed by atoms with Crippen molar-refractivity contribution in [2.24, 2.45) is 0 Å². The predicted molar refractivity (Wildman–Crippen MR) is 82.0 cm³/mol. The number of anilines is 1. The van der Waals surface area contributed by atoms with E-state index in [4.69, 9.17) is 15.2 Å². The van der Waals surface area contributed by atoms with E-state index in [2.05, 4.69) is 15.9 Å². The van der Waals surface area contributed by atoms with Gasteiger partial charge in [0.15, 0.2) is 0 Å². The van der Waals surface area contributed by atoms with E-state index in [-0.39, 0.29) is 13.2 Å². The lowest BCUT2D eigenvalue weighted by atomic mass is 10.3. The molecule has 0 heterocycles. The lowest BCUT2D eigenvalue weighted by Crippen LogP contribution is -2.25. The molecule has 6 heteroatoms. The molecule has 21 heavy (non-hydrogen) atoms. The van der Waals surface area contributed by atoms with Crippen LogP contribution < -0.4 is 15.2 Å². The van der Waals surface area contributed by atoms with Gasteiger partial charge >= 0.3 is 0 Å². The number of rotatable bonds is 6. The summed E-state index contributed by atoms with van der Waals surface area (Å²) in [5, 5.41) is 9.79. The van der Waals surface area contributed by atoms with Crippen LogP contribution in [-0.2, 0) is 0 Å². The Balaban J connectivity index is 1.80. The molecule has 1 unspecified atom stereocenters. The molecule has 3 N–H and O–H groups in total. The van der Waals surface area contributed by atoms with Gasteiger partial charge in [-0.3, -0.25) is 0 Å². The van der Waals surface area contributed by atoms with Gasteiger partial charge in [0.05, 0.1) is 0 Å². The van der Waals surface area contributed by atoms with Crippen molar-refractivity contribution in [3.63, 3.8) is 0 Å². The Hall–Kier alpha value is -1.79. The van der Waals surface area contributed by atoms with Crippen molar-refractivity contribution in [2.75, 3.05) is 18.9 Å². The molecule has 112 valence electrons. The Labute approximate surface area is 130 Å². The number of ether oxygens (including phenoxy) is 2. The number of hydrogen-bond acceptors (Lipinski definition) is 4. The van der Waals surface area contributed by atoms with Crippen LogP contribution in [0, 0.1) is 5.82 Å². The summed E-state index contributed by atoms with van der Waals surface area (Å²) in [7, 11) is 0. The Kier molecular flexibility index (Phi) is 5.41. The van der Waals surface area contributed by atoms with Gasteiger partial charge < -0.3 is 20.3 Å². The zero-order chi connectivity index (χ0) is 15.2. The van der Waals surface area contributed by atoms with E-state index in [0.717, 1.165) is 0 Å². The van der Waals surface area contributed by atoms with Crippen LogP contribution in [0.5, 0.6) is 11.5 Å². The molecule has 0 aliphatic heterocycles. The first-order chi connectivity index (χ1) is 10.0. The van der Waals surface area contributed by atoms with E-state index < -0.39 is 11.9 Å². The minimum atomic E-state index is -0.839. The maximum absolute atomic E-state index is 13.2. The van der Waals surface area contributed by atoms with Gasteiger partial charge in [0.1, 0.15) is 36.6 Å². The van der Waals surface area contributed by atoms with Crippen LogP contribution in [0.4, 0.5) is 10.1 Å². The zero-order valence-corrected chi connectivity index (χ0v) is 12.7. The SMILES string of the molecule is Nc1cccc(OCC(O)COc2cc(F)cc(Br)c2)c1. The van der Waals surface area contributed by atoms with E-state index >= 15 is 0 Å². The predicted octanol–water partition coefficient (Wildman–Crippen LogP) is 2.99. The van der Waals surface area contributed by atoms with Gasteiger partial charge in [-0.15, -0.1) is 0 Å². The third-order valence-electron chi connectivity index (χ3n) is 2.58. The second-order valence-electron chi connectivity index (χ2n) is 4.45. The Morgan fingerprint density at radius 2 is 1.81 bits per heavy atom. The topological polar surface area (TPSA) is 64.7 Å². The fraction of sp³-hybridized carbons (Fsp3) is 0.200. The molecule has 0 aromatic heterocycles. The first kappa shape index (κ1) is 15.6. The number of nitrogen functional groups attached to an aromatic ring is 1. The van der Waals surface area contributed by atoms with E-state index in [1.807, 2.05) is 0 Å². The zero-order valence-electron chi connectivity index (χ0n) is 11.1. The van der Waals surface area contributed by atoms with E-state index in [0.29, 0.717) is 21.7 Å². The van der Waals surface area contributed by atoms with Gasteiger partial charge in [-0.25, -0.2) is 4.39 Å². The van der Waals surface area contributed by atoms with E-state index in [9.17, 15) is 9.50 Å². The number of aliphatic hydroxyl groups excluding tert-OH is 1. The van der Waals surface area contributed by atoms with Crippen LogP contribution in [0.15, 0.2) is 46.9 Å². The minimum Gasteiger partial charge on any atom is -0.491 e. The number of aliphatic hydroxyl groups is 1. The molecule has 0 spiro atoms. The second kappa shape index (κ2) is 7.28. The molecule has 0 radical (unpaired) electrons. The summed E-state index contributed by atoms with van der Waals surface area (Å²) in [6.07, 6.45) is -0.839. The Bertz CT molecular complexity index is 589. The molecule has 2 aromatic carbocycles. The lowest BCUT2D eigenvalue weighted by molar-refractivity contribution is 0.0625. The van der Waals surface area contributed by atoms with Crippen molar-refractivity contribution in [3.05, 3.63) is 52.8 Å². The summed E-state index contributed by atoms with van der Waals surface area (Å²) in [4.78, 5) is 0. The fourth-order valence-electron chi connectivity index (χ4n) is 1.65. The van der Waals surface area contributed by atoms with Crippen molar-refractivity contribution in [1.29, 1.82) is 0 Å². The summed E-state index contributed by atoms with van der Waals surface area (Å²) in [5.74, 6) is 0.498. The van der Waals surface area contributed by atoms with Crippen molar-refractivity contribution in [2.45, 2.75) is 6.10 Å². The van der Waals surface area contributed by atoms with Gasteiger partial charge in [-0.1, -0.05) is 22.0 Å². The average Bonchev–Trinajstić information content (AvgIpc) is 2.42. The van der Waals surface area contributed by atoms with Crippen LogP contribution in [0.1, 0.15) is 0 Å². The van der Waals surface area contributed by atoms with Crippen molar-refractivity contribution < 1.29 is 19.0 Å². The van der Waals surface area contributed by atoms with Gasteiger partial charge in [-0.2, -0.15) is 0 Å². The van der Waals surface area contributed by atoms with Crippen LogP contribution >= 0.6 is 15.9 Å². The molecular weight excluding hydrogens is 341 g/mol. The van der Waals surface area contributed by atoms with Crippen molar-refractivity contribution in [3.8, 4) is 11.5 Å². The molecule has 0 amide bonds. The van der Waals surface area contributed by atoms with E-state index in [1.54, 1.807) is 30.3 Å². The molecule has 4 nitrogen and oxygen atoms in total. The molecule has 2 aromatic rings. The molecule has 0 aliphatic carbocycles.